The minimum atomic E-state index is -0.467. The number of nitrogens with zero attached hydrogens (tertiary/aromatic N) is 2. The van der Waals surface area contributed by atoms with Crippen LogP contribution in [-0.2, 0) is 9.47 Å². The van der Waals surface area contributed by atoms with Crippen LogP contribution in [0.4, 0.5) is 0 Å². The number of hydrogen-bond donors (Lipinski definition) is 0. The van der Waals surface area contributed by atoms with Gasteiger partial charge < -0.3 is 9.47 Å². The van der Waals surface area contributed by atoms with Gasteiger partial charge in [0.15, 0.2) is 0 Å². The molecule has 5 heteroatoms. The fraction of sp³-hybridized carbons (Fsp3) is 0.300. The summed E-state index contributed by atoms with van der Waals surface area (Å²) in [4.78, 5) is 11.4. The zero-order valence-electron chi connectivity index (χ0n) is 8.47. The Balaban J connectivity index is 2.40. The summed E-state index contributed by atoms with van der Waals surface area (Å²) in [5.74, 6) is -0.0429. The van der Waals surface area contributed by atoms with Gasteiger partial charge in [0.05, 0.1) is 24.6 Å². The van der Waals surface area contributed by atoms with Crippen molar-refractivity contribution in [3.8, 4) is 0 Å². The number of esters is 1. The number of carbonyl (C=O) groups excluding carboxylic acids is 1. The number of rotatable bonds is 5. The van der Waals surface area contributed by atoms with E-state index in [4.69, 9.17) is 9.47 Å². The zero-order chi connectivity index (χ0) is 11.1. The second-order valence-corrected chi connectivity index (χ2v) is 2.68. The maximum absolute atomic E-state index is 11.4. The van der Waals surface area contributed by atoms with E-state index in [-0.39, 0.29) is 6.61 Å². The molecule has 1 rings (SSSR count). The summed E-state index contributed by atoms with van der Waals surface area (Å²) >= 11 is 0. The van der Waals surface area contributed by atoms with Crippen LogP contribution < -0.4 is 0 Å². The molecule has 5 nitrogen and oxygen atoms in total. The molecule has 80 valence electrons. The van der Waals surface area contributed by atoms with Crippen molar-refractivity contribution in [1.29, 1.82) is 0 Å². The third-order valence-corrected chi connectivity index (χ3v) is 1.53. The van der Waals surface area contributed by atoms with Crippen molar-refractivity contribution in [3.05, 3.63) is 36.4 Å². The first-order valence-corrected chi connectivity index (χ1v) is 4.48. The third-order valence-electron chi connectivity index (χ3n) is 1.53. The molecule has 0 saturated carbocycles. The molecule has 1 aromatic rings. The fourth-order valence-corrected chi connectivity index (χ4v) is 0.887. The predicted molar refractivity (Wildman–Crippen MR) is 53.1 cm³/mol. The van der Waals surface area contributed by atoms with Gasteiger partial charge in [0.1, 0.15) is 12.4 Å². The van der Waals surface area contributed by atoms with Crippen LogP contribution in [0.3, 0.4) is 0 Å². The Kier molecular flexibility index (Phi) is 4.28. The van der Waals surface area contributed by atoms with E-state index in [9.17, 15) is 4.79 Å². The summed E-state index contributed by atoms with van der Waals surface area (Å²) in [6, 6.07) is 1.53. The Bertz CT molecular complexity index is 338. The molecule has 1 aromatic heterocycles. The van der Waals surface area contributed by atoms with E-state index in [0.29, 0.717) is 17.9 Å². The number of ether oxygens (including phenoxy) is 2. The molecule has 0 bridgehead atoms. The monoisotopic (exact) mass is 208 g/mol. The van der Waals surface area contributed by atoms with E-state index < -0.39 is 5.97 Å². The lowest BCUT2D eigenvalue weighted by Crippen LogP contribution is -2.09. The minimum Gasteiger partial charge on any atom is -0.495 e. The van der Waals surface area contributed by atoms with Crippen LogP contribution in [0.2, 0.25) is 0 Å². The van der Waals surface area contributed by atoms with Gasteiger partial charge >= 0.3 is 5.97 Å². The van der Waals surface area contributed by atoms with Crippen molar-refractivity contribution in [2.24, 2.45) is 0 Å². The molecule has 0 unspecified atom stereocenters. The fourth-order valence-electron chi connectivity index (χ4n) is 0.887. The highest BCUT2D eigenvalue weighted by Crippen LogP contribution is 2.00. The molecule has 0 aromatic carbocycles. The van der Waals surface area contributed by atoms with E-state index in [2.05, 4.69) is 16.8 Å². The van der Waals surface area contributed by atoms with Crippen LogP contribution >= 0.6 is 0 Å². The van der Waals surface area contributed by atoms with E-state index in [1.807, 2.05) is 6.92 Å². The van der Waals surface area contributed by atoms with E-state index in [1.54, 1.807) is 0 Å². The van der Waals surface area contributed by atoms with E-state index in [0.717, 1.165) is 0 Å². The zero-order valence-corrected chi connectivity index (χ0v) is 8.47. The minimum absolute atomic E-state index is 0.0506. The standard InChI is InChI=1S/C10H12N2O3/c1-3-14-8(2)7-15-10(13)9-4-5-11-12-6-9/h4-6H,2-3,7H2,1H3. The van der Waals surface area contributed by atoms with E-state index >= 15 is 0 Å². The first-order chi connectivity index (χ1) is 7.24. The molecule has 1 heterocycles. The quantitative estimate of drug-likeness (QED) is 0.537. The summed E-state index contributed by atoms with van der Waals surface area (Å²) in [5.41, 5.74) is 0.356. The molecule has 0 spiro atoms. The molecule has 0 atom stereocenters. The Morgan fingerprint density at radius 3 is 2.87 bits per heavy atom. The highest BCUT2D eigenvalue weighted by atomic mass is 16.6. The molecule has 0 N–H and O–H groups in total. The summed E-state index contributed by atoms with van der Waals surface area (Å²) in [6.45, 7) is 5.97. The van der Waals surface area contributed by atoms with Crippen LogP contribution in [0.1, 0.15) is 17.3 Å². The second-order valence-electron chi connectivity index (χ2n) is 2.68. The van der Waals surface area contributed by atoms with Crippen LogP contribution in [-0.4, -0.2) is 29.4 Å². The number of aromatic nitrogens is 2. The summed E-state index contributed by atoms with van der Waals surface area (Å²) < 4.78 is 9.94. The van der Waals surface area contributed by atoms with Crippen molar-refractivity contribution in [2.45, 2.75) is 6.92 Å². The summed E-state index contributed by atoms with van der Waals surface area (Å²) in [6.07, 6.45) is 2.76. The number of carbonyl (C=O) groups is 1. The maximum Gasteiger partial charge on any atom is 0.340 e. The lowest BCUT2D eigenvalue weighted by atomic mass is 10.3. The van der Waals surface area contributed by atoms with Gasteiger partial charge in [-0.1, -0.05) is 6.58 Å². The van der Waals surface area contributed by atoms with Crippen molar-refractivity contribution in [3.63, 3.8) is 0 Å². The van der Waals surface area contributed by atoms with Gasteiger partial charge in [0.2, 0.25) is 0 Å². The molecule has 15 heavy (non-hydrogen) atoms. The molecular weight excluding hydrogens is 196 g/mol. The molecule has 0 fully saturated rings. The average Bonchev–Trinajstić information content (AvgIpc) is 2.27. The SMILES string of the molecule is C=C(COC(=O)c1ccnnc1)OCC. The molecule has 0 amide bonds. The van der Waals surface area contributed by atoms with Gasteiger partial charge in [-0.2, -0.15) is 10.2 Å². The second kappa shape index (κ2) is 5.74. The van der Waals surface area contributed by atoms with Gasteiger partial charge in [0, 0.05) is 0 Å². The topological polar surface area (TPSA) is 61.3 Å². The molecule has 0 aliphatic heterocycles. The van der Waals surface area contributed by atoms with Gasteiger partial charge in [-0.3, -0.25) is 0 Å². The first-order valence-electron chi connectivity index (χ1n) is 4.48. The lowest BCUT2D eigenvalue weighted by Gasteiger charge is -2.07. The Morgan fingerprint density at radius 2 is 2.27 bits per heavy atom. The predicted octanol–water partition coefficient (Wildman–Crippen LogP) is 1.18. The average molecular weight is 208 g/mol. The highest BCUT2D eigenvalue weighted by molar-refractivity contribution is 5.88. The Hall–Kier alpha value is -1.91. The van der Waals surface area contributed by atoms with Crippen molar-refractivity contribution in [1.82, 2.24) is 10.2 Å². The summed E-state index contributed by atoms with van der Waals surface area (Å²) in [5, 5.41) is 7.12. The van der Waals surface area contributed by atoms with Crippen LogP contribution in [0.15, 0.2) is 30.8 Å². The Labute approximate surface area is 87.7 Å². The normalized spacial score (nSPS) is 9.40. The molecule has 0 radical (unpaired) electrons. The van der Waals surface area contributed by atoms with Gasteiger partial charge in [0.25, 0.3) is 0 Å². The van der Waals surface area contributed by atoms with Crippen molar-refractivity contribution in [2.75, 3.05) is 13.2 Å². The van der Waals surface area contributed by atoms with E-state index in [1.165, 1.54) is 18.5 Å². The Morgan fingerprint density at radius 1 is 1.47 bits per heavy atom. The van der Waals surface area contributed by atoms with Crippen molar-refractivity contribution >= 4 is 5.97 Å². The molecular formula is C10H12N2O3. The first kappa shape index (κ1) is 11.2. The van der Waals surface area contributed by atoms with Gasteiger partial charge in [-0.15, -0.1) is 0 Å². The molecule has 0 aliphatic carbocycles. The summed E-state index contributed by atoms with van der Waals surface area (Å²) in [7, 11) is 0. The van der Waals surface area contributed by atoms with Crippen LogP contribution in [0, 0.1) is 0 Å². The van der Waals surface area contributed by atoms with Gasteiger partial charge in [-0.25, -0.2) is 4.79 Å². The largest absolute Gasteiger partial charge is 0.495 e. The lowest BCUT2D eigenvalue weighted by molar-refractivity contribution is 0.0469. The molecule has 0 aliphatic rings. The molecule has 0 saturated heterocycles. The highest BCUT2D eigenvalue weighted by Gasteiger charge is 2.07. The van der Waals surface area contributed by atoms with Crippen LogP contribution in [0.25, 0.3) is 0 Å². The smallest absolute Gasteiger partial charge is 0.340 e. The van der Waals surface area contributed by atoms with Crippen molar-refractivity contribution < 1.29 is 14.3 Å². The van der Waals surface area contributed by atoms with Gasteiger partial charge in [-0.05, 0) is 13.0 Å². The maximum atomic E-state index is 11.4. The third kappa shape index (κ3) is 3.76. The number of hydrogen-bond acceptors (Lipinski definition) is 5. The van der Waals surface area contributed by atoms with Crippen LogP contribution in [0.5, 0.6) is 0 Å².